The van der Waals surface area contributed by atoms with E-state index in [1.807, 2.05) is 0 Å². The maximum absolute atomic E-state index is 5.84. The number of hydrogen-bond acceptors (Lipinski definition) is 3. The molecule has 1 N–H and O–H groups in total. The number of nitrogens with zero attached hydrogens (tertiary/aromatic N) is 1. The van der Waals surface area contributed by atoms with E-state index in [4.69, 9.17) is 4.74 Å². The van der Waals surface area contributed by atoms with Crippen LogP contribution < -0.4 is 10.1 Å². The highest BCUT2D eigenvalue weighted by molar-refractivity contribution is 5.37. The van der Waals surface area contributed by atoms with Crippen LogP contribution in [0, 0.1) is 5.92 Å². The van der Waals surface area contributed by atoms with Crippen LogP contribution in [0.15, 0.2) is 60.8 Å². The Bertz CT molecular complexity index is 899. The molecule has 3 heteroatoms. The summed E-state index contributed by atoms with van der Waals surface area (Å²) < 4.78 is 5.84. The molecule has 31 heavy (non-hydrogen) atoms. The van der Waals surface area contributed by atoms with Gasteiger partial charge in [-0.1, -0.05) is 49.0 Å². The number of hydrogen-bond donors (Lipinski definition) is 1. The molecule has 2 heterocycles. The van der Waals surface area contributed by atoms with Crippen molar-refractivity contribution in [1.82, 2.24) is 10.2 Å². The van der Waals surface area contributed by atoms with Crippen LogP contribution in [0.5, 0.6) is 5.75 Å². The number of allylic oxidation sites excluding steroid dienone is 1. The van der Waals surface area contributed by atoms with Crippen LogP contribution in [0.4, 0.5) is 0 Å². The second kappa shape index (κ2) is 9.48. The molecule has 2 unspecified atom stereocenters. The summed E-state index contributed by atoms with van der Waals surface area (Å²) in [6.45, 7) is 8.91. The van der Waals surface area contributed by atoms with E-state index in [9.17, 15) is 0 Å². The Morgan fingerprint density at radius 3 is 2.61 bits per heavy atom. The Hall–Kier alpha value is -2.26. The fourth-order valence-electron chi connectivity index (χ4n) is 5.73. The summed E-state index contributed by atoms with van der Waals surface area (Å²) in [7, 11) is 0. The average molecular weight is 417 g/mol. The van der Waals surface area contributed by atoms with Crippen molar-refractivity contribution in [3.8, 4) is 5.75 Å². The largest absolute Gasteiger partial charge is 0.493 e. The highest BCUT2D eigenvalue weighted by Gasteiger charge is 2.26. The Balaban J connectivity index is 1.06. The van der Waals surface area contributed by atoms with Gasteiger partial charge in [0.15, 0.2) is 0 Å². The van der Waals surface area contributed by atoms with E-state index in [1.165, 1.54) is 74.1 Å². The van der Waals surface area contributed by atoms with Crippen molar-refractivity contribution in [3.05, 3.63) is 77.5 Å². The molecule has 5 rings (SSSR count). The monoisotopic (exact) mass is 416 g/mol. The summed E-state index contributed by atoms with van der Waals surface area (Å²) in [6.07, 6.45) is 8.42. The maximum atomic E-state index is 5.84. The van der Waals surface area contributed by atoms with Gasteiger partial charge < -0.3 is 15.0 Å². The number of benzene rings is 2. The van der Waals surface area contributed by atoms with Gasteiger partial charge in [0.1, 0.15) is 5.75 Å². The molecule has 1 fully saturated rings. The molecule has 0 amide bonds. The molecule has 0 saturated carbocycles. The molecule has 0 spiro atoms. The van der Waals surface area contributed by atoms with Gasteiger partial charge in [0.05, 0.1) is 6.61 Å². The van der Waals surface area contributed by atoms with Crippen molar-refractivity contribution in [2.45, 2.75) is 56.9 Å². The lowest BCUT2D eigenvalue weighted by Crippen LogP contribution is -2.43. The first-order valence-corrected chi connectivity index (χ1v) is 12.2. The van der Waals surface area contributed by atoms with Crippen LogP contribution in [0.2, 0.25) is 0 Å². The highest BCUT2D eigenvalue weighted by atomic mass is 16.5. The van der Waals surface area contributed by atoms with Gasteiger partial charge >= 0.3 is 0 Å². The third-order valence-corrected chi connectivity index (χ3v) is 7.69. The standard InChI is InChI=1S/C28H36N2O/c1-21(24-11-10-22-6-2-3-7-25(22)20-24)29-26-13-17-30(18-14-26)16-12-23-15-19-31-28-9-5-4-8-27(23)28/h2-9,23-24,26,29H,1,10-20H2. The molecule has 1 saturated heterocycles. The summed E-state index contributed by atoms with van der Waals surface area (Å²) in [5.74, 6) is 2.33. The van der Waals surface area contributed by atoms with Gasteiger partial charge in [-0.05, 0) is 80.2 Å². The van der Waals surface area contributed by atoms with Crippen LogP contribution in [-0.4, -0.2) is 37.2 Å². The number of fused-ring (bicyclic) bond motifs is 2. The van der Waals surface area contributed by atoms with Crippen LogP contribution in [-0.2, 0) is 12.8 Å². The molecule has 0 bridgehead atoms. The Kier molecular flexibility index (Phi) is 6.31. The van der Waals surface area contributed by atoms with Crippen molar-refractivity contribution in [3.63, 3.8) is 0 Å². The first kappa shape index (κ1) is 20.6. The summed E-state index contributed by atoms with van der Waals surface area (Å²) in [6, 6.07) is 18.1. The maximum Gasteiger partial charge on any atom is 0.122 e. The van der Waals surface area contributed by atoms with Crippen molar-refractivity contribution in [1.29, 1.82) is 0 Å². The van der Waals surface area contributed by atoms with E-state index >= 15 is 0 Å². The molecule has 2 aromatic rings. The zero-order valence-corrected chi connectivity index (χ0v) is 18.7. The average Bonchev–Trinajstić information content (AvgIpc) is 2.83. The van der Waals surface area contributed by atoms with Crippen LogP contribution >= 0.6 is 0 Å². The predicted molar refractivity (Wildman–Crippen MR) is 128 cm³/mol. The number of ether oxygens (including phenoxy) is 1. The molecule has 164 valence electrons. The van der Waals surface area contributed by atoms with Gasteiger partial charge in [0.2, 0.25) is 0 Å². The van der Waals surface area contributed by atoms with E-state index in [0.29, 0.717) is 17.9 Å². The highest BCUT2D eigenvalue weighted by Crippen LogP contribution is 2.35. The normalized spacial score (nSPS) is 24.0. The first-order valence-electron chi connectivity index (χ1n) is 12.2. The molecule has 2 aliphatic heterocycles. The lowest BCUT2D eigenvalue weighted by molar-refractivity contribution is 0.186. The van der Waals surface area contributed by atoms with E-state index < -0.39 is 0 Å². The van der Waals surface area contributed by atoms with Gasteiger partial charge in [-0.25, -0.2) is 0 Å². The second-order valence-corrected chi connectivity index (χ2v) is 9.65. The van der Waals surface area contributed by atoms with Crippen molar-refractivity contribution >= 4 is 0 Å². The number of aryl methyl sites for hydroxylation is 1. The summed E-state index contributed by atoms with van der Waals surface area (Å²) >= 11 is 0. The van der Waals surface area contributed by atoms with Crippen LogP contribution in [0.25, 0.3) is 0 Å². The Morgan fingerprint density at radius 2 is 1.74 bits per heavy atom. The lowest BCUT2D eigenvalue weighted by atomic mass is 9.82. The lowest BCUT2D eigenvalue weighted by Gasteiger charge is -2.36. The molecule has 0 aromatic heterocycles. The van der Waals surface area contributed by atoms with Crippen molar-refractivity contribution in [2.24, 2.45) is 5.92 Å². The first-order chi connectivity index (χ1) is 15.3. The summed E-state index contributed by atoms with van der Waals surface area (Å²) in [4.78, 5) is 2.66. The SMILES string of the molecule is C=C(NC1CCN(CCC2CCOc3ccccc32)CC1)C1CCc2ccccc2C1. The van der Waals surface area contributed by atoms with Crippen molar-refractivity contribution < 1.29 is 4.74 Å². The summed E-state index contributed by atoms with van der Waals surface area (Å²) in [5.41, 5.74) is 5.74. The van der Waals surface area contributed by atoms with Crippen molar-refractivity contribution in [2.75, 3.05) is 26.2 Å². The number of para-hydroxylation sites is 1. The molecule has 2 aromatic carbocycles. The molecular formula is C28H36N2O. The van der Waals surface area contributed by atoms with Crippen LogP contribution in [0.1, 0.15) is 54.7 Å². The fourth-order valence-corrected chi connectivity index (χ4v) is 5.73. The van der Waals surface area contributed by atoms with Gasteiger partial charge in [-0.3, -0.25) is 0 Å². The minimum atomic E-state index is 0.585. The number of likely N-dealkylation sites (tertiary alicyclic amines) is 1. The number of nitrogens with one attached hydrogen (secondary N) is 1. The van der Waals surface area contributed by atoms with E-state index in [0.717, 1.165) is 25.2 Å². The molecule has 3 aliphatic rings. The van der Waals surface area contributed by atoms with Crippen LogP contribution in [0.3, 0.4) is 0 Å². The minimum absolute atomic E-state index is 0.585. The third kappa shape index (κ3) is 4.82. The molecule has 3 nitrogen and oxygen atoms in total. The van der Waals surface area contributed by atoms with Gasteiger partial charge in [-0.15, -0.1) is 0 Å². The smallest absolute Gasteiger partial charge is 0.122 e. The zero-order valence-electron chi connectivity index (χ0n) is 18.7. The second-order valence-electron chi connectivity index (χ2n) is 9.65. The zero-order chi connectivity index (χ0) is 21.0. The fraction of sp³-hybridized carbons (Fsp3) is 0.500. The van der Waals surface area contributed by atoms with E-state index in [2.05, 4.69) is 65.3 Å². The van der Waals surface area contributed by atoms with Gasteiger partial charge in [-0.2, -0.15) is 0 Å². The Labute approximate surface area is 187 Å². The number of rotatable bonds is 6. The molecule has 1 aliphatic carbocycles. The van der Waals surface area contributed by atoms with E-state index in [-0.39, 0.29) is 0 Å². The summed E-state index contributed by atoms with van der Waals surface area (Å²) in [5, 5.41) is 3.82. The molecule has 2 atom stereocenters. The third-order valence-electron chi connectivity index (χ3n) is 7.69. The topological polar surface area (TPSA) is 24.5 Å². The number of piperidine rings is 1. The predicted octanol–water partition coefficient (Wildman–Crippen LogP) is 5.32. The molecular weight excluding hydrogens is 380 g/mol. The van der Waals surface area contributed by atoms with Gasteiger partial charge in [0, 0.05) is 30.7 Å². The Morgan fingerprint density at radius 1 is 0.968 bits per heavy atom. The van der Waals surface area contributed by atoms with E-state index in [1.54, 1.807) is 0 Å². The molecule has 0 radical (unpaired) electrons. The quantitative estimate of drug-likeness (QED) is 0.690. The van der Waals surface area contributed by atoms with Gasteiger partial charge in [0.25, 0.3) is 0 Å². The minimum Gasteiger partial charge on any atom is -0.493 e.